The molecule has 5 nitrogen and oxygen atoms in total. The Morgan fingerprint density at radius 1 is 0.906 bits per heavy atom. The summed E-state index contributed by atoms with van der Waals surface area (Å²) in [4.78, 5) is 26.8. The number of piperazine rings is 1. The van der Waals surface area contributed by atoms with Gasteiger partial charge >= 0.3 is 0 Å². The molecule has 1 aliphatic heterocycles. The van der Waals surface area contributed by atoms with E-state index in [0.717, 1.165) is 56.4 Å². The number of fused-ring (bicyclic) bond motifs is 1. The number of carbonyl (C=O) groups excluding carboxylic acids is 1. The van der Waals surface area contributed by atoms with Crippen LogP contribution in [0.2, 0.25) is 0 Å². The highest BCUT2D eigenvalue weighted by Gasteiger charge is 2.27. The SMILES string of the molecule is O=C1C[C@@H](/C=C/c2ccccc2)Cc2nc(N3CCN(Cc4ccccc4)CC3)ncc21. The molecule has 0 radical (unpaired) electrons. The van der Waals surface area contributed by atoms with Crippen LogP contribution in [0.1, 0.15) is 33.6 Å². The number of hydrogen-bond donors (Lipinski definition) is 0. The van der Waals surface area contributed by atoms with Gasteiger partial charge < -0.3 is 4.90 Å². The number of aromatic nitrogens is 2. The van der Waals surface area contributed by atoms with Gasteiger partial charge in [0, 0.05) is 45.3 Å². The van der Waals surface area contributed by atoms with Crippen molar-refractivity contribution in [1.29, 1.82) is 0 Å². The Labute approximate surface area is 189 Å². The molecule has 0 saturated carbocycles. The molecule has 0 spiro atoms. The molecule has 1 atom stereocenters. The number of anilines is 1. The van der Waals surface area contributed by atoms with E-state index in [1.165, 1.54) is 5.56 Å². The van der Waals surface area contributed by atoms with Crippen molar-refractivity contribution in [3.8, 4) is 0 Å². The van der Waals surface area contributed by atoms with Crippen molar-refractivity contribution < 1.29 is 4.79 Å². The van der Waals surface area contributed by atoms with E-state index >= 15 is 0 Å². The predicted molar refractivity (Wildman–Crippen MR) is 128 cm³/mol. The standard InChI is InChI=1S/C27H28N4O/c32-26-18-23(12-11-21-7-3-1-4-8-21)17-25-24(26)19-28-27(29-25)31-15-13-30(14-16-31)20-22-9-5-2-6-10-22/h1-12,19,23H,13-18,20H2/b12-11+/t23-/m0/s1. The van der Waals surface area contributed by atoms with Gasteiger partial charge in [-0.3, -0.25) is 9.69 Å². The van der Waals surface area contributed by atoms with Gasteiger partial charge in [-0.15, -0.1) is 0 Å². The fourth-order valence-corrected chi connectivity index (χ4v) is 4.51. The van der Waals surface area contributed by atoms with E-state index in [1.807, 2.05) is 18.2 Å². The van der Waals surface area contributed by atoms with Crippen LogP contribution < -0.4 is 4.90 Å². The van der Waals surface area contributed by atoms with Crippen LogP contribution in [0.3, 0.4) is 0 Å². The molecule has 2 aromatic carbocycles. The first-order valence-corrected chi connectivity index (χ1v) is 11.4. The number of allylic oxidation sites excluding steroid dienone is 1. The zero-order chi connectivity index (χ0) is 21.8. The van der Waals surface area contributed by atoms with Crippen LogP contribution in [0.15, 0.2) is 72.9 Å². The van der Waals surface area contributed by atoms with Crippen LogP contribution in [0, 0.1) is 5.92 Å². The molecule has 1 fully saturated rings. The Hall–Kier alpha value is -3.31. The first kappa shape index (κ1) is 20.6. The van der Waals surface area contributed by atoms with Crippen molar-refractivity contribution >= 4 is 17.8 Å². The summed E-state index contributed by atoms with van der Waals surface area (Å²) in [5.41, 5.74) is 4.09. The number of ketones is 1. The highest BCUT2D eigenvalue weighted by atomic mass is 16.1. The lowest BCUT2D eigenvalue weighted by molar-refractivity contribution is 0.0957. The molecule has 0 N–H and O–H groups in total. The second kappa shape index (κ2) is 9.45. The van der Waals surface area contributed by atoms with Gasteiger partial charge in [0.25, 0.3) is 0 Å². The third kappa shape index (κ3) is 4.78. The lowest BCUT2D eigenvalue weighted by Gasteiger charge is -2.35. The third-order valence-electron chi connectivity index (χ3n) is 6.32. The summed E-state index contributed by atoms with van der Waals surface area (Å²) in [6.07, 6.45) is 7.32. The Balaban J connectivity index is 1.24. The minimum atomic E-state index is 0.146. The van der Waals surface area contributed by atoms with Crippen LogP contribution in [0.5, 0.6) is 0 Å². The fourth-order valence-electron chi connectivity index (χ4n) is 4.51. The Morgan fingerprint density at radius 3 is 2.38 bits per heavy atom. The maximum atomic E-state index is 12.7. The largest absolute Gasteiger partial charge is 0.338 e. The molecule has 0 unspecified atom stereocenters. The molecule has 0 bridgehead atoms. The van der Waals surface area contributed by atoms with E-state index in [2.05, 4.69) is 69.4 Å². The van der Waals surface area contributed by atoms with Crippen LogP contribution in [0.25, 0.3) is 6.08 Å². The van der Waals surface area contributed by atoms with E-state index in [4.69, 9.17) is 4.98 Å². The summed E-state index contributed by atoms with van der Waals surface area (Å²) in [5.74, 6) is 1.08. The summed E-state index contributed by atoms with van der Waals surface area (Å²) in [6.45, 7) is 4.74. The second-order valence-corrected chi connectivity index (χ2v) is 8.64. The number of nitrogens with zero attached hydrogens (tertiary/aromatic N) is 4. The van der Waals surface area contributed by atoms with Crippen molar-refractivity contribution in [3.63, 3.8) is 0 Å². The normalized spacial score (nSPS) is 19.3. The molecule has 32 heavy (non-hydrogen) atoms. The predicted octanol–water partition coefficient (Wildman–Crippen LogP) is 4.26. The van der Waals surface area contributed by atoms with E-state index in [-0.39, 0.29) is 11.7 Å². The van der Waals surface area contributed by atoms with Gasteiger partial charge in [0.05, 0.1) is 11.3 Å². The number of hydrogen-bond acceptors (Lipinski definition) is 5. The summed E-state index contributed by atoms with van der Waals surface area (Å²) in [7, 11) is 0. The van der Waals surface area contributed by atoms with E-state index in [0.29, 0.717) is 12.0 Å². The minimum Gasteiger partial charge on any atom is -0.338 e. The van der Waals surface area contributed by atoms with Gasteiger partial charge in [-0.05, 0) is 23.5 Å². The van der Waals surface area contributed by atoms with E-state index < -0.39 is 0 Å². The van der Waals surface area contributed by atoms with Crippen LogP contribution in [-0.4, -0.2) is 46.8 Å². The lowest BCUT2D eigenvalue weighted by atomic mass is 9.86. The molecule has 2 aliphatic rings. The Kier molecular flexibility index (Phi) is 6.08. The molecular weight excluding hydrogens is 396 g/mol. The molecule has 3 aromatic rings. The van der Waals surface area contributed by atoms with Gasteiger partial charge in [-0.1, -0.05) is 72.8 Å². The monoisotopic (exact) mass is 424 g/mol. The average Bonchev–Trinajstić information content (AvgIpc) is 2.84. The molecule has 0 amide bonds. The first-order valence-electron chi connectivity index (χ1n) is 11.4. The van der Waals surface area contributed by atoms with Gasteiger partial charge in [0.2, 0.25) is 5.95 Å². The van der Waals surface area contributed by atoms with Gasteiger partial charge in [0.15, 0.2) is 5.78 Å². The van der Waals surface area contributed by atoms with Gasteiger partial charge in [0.1, 0.15) is 0 Å². The summed E-state index contributed by atoms with van der Waals surface area (Å²) < 4.78 is 0. The summed E-state index contributed by atoms with van der Waals surface area (Å²) in [5, 5.41) is 0. The number of benzene rings is 2. The van der Waals surface area contributed by atoms with Crippen LogP contribution in [0.4, 0.5) is 5.95 Å². The Bertz CT molecular complexity index is 1090. The van der Waals surface area contributed by atoms with Crippen molar-refractivity contribution in [1.82, 2.24) is 14.9 Å². The van der Waals surface area contributed by atoms with E-state index in [1.54, 1.807) is 6.20 Å². The van der Waals surface area contributed by atoms with Gasteiger partial charge in [-0.25, -0.2) is 9.97 Å². The average molecular weight is 425 g/mol. The van der Waals surface area contributed by atoms with Crippen LogP contribution >= 0.6 is 0 Å². The van der Waals surface area contributed by atoms with Crippen molar-refractivity contribution in [2.45, 2.75) is 19.4 Å². The quantitative estimate of drug-likeness (QED) is 0.613. The van der Waals surface area contributed by atoms with E-state index in [9.17, 15) is 4.79 Å². The first-order chi connectivity index (χ1) is 15.7. The zero-order valence-corrected chi connectivity index (χ0v) is 18.2. The number of Topliss-reactive ketones (excluding diaryl/α,β-unsaturated/α-hetero) is 1. The molecule has 2 heterocycles. The maximum Gasteiger partial charge on any atom is 0.225 e. The van der Waals surface area contributed by atoms with Crippen molar-refractivity contribution in [2.75, 3.05) is 31.1 Å². The highest BCUT2D eigenvalue weighted by molar-refractivity contribution is 5.98. The molecule has 5 heteroatoms. The van der Waals surface area contributed by atoms with Crippen molar-refractivity contribution in [3.05, 3.63) is 95.3 Å². The van der Waals surface area contributed by atoms with Crippen LogP contribution in [-0.2, 0) is 13.0 Å². The number of rotatable bonds is 5. The minimum absolute atomic E-state index is 0.146. The second-order valence-electron chi connectivity index (χ2n) is 8.64. The zero-order valence-electron chi connectivity index (χ0n) is 18.2. The third-order valence-corrected chi connectivity index (χ3v) is 6.32. The Morgan fingerprint density at radius 2 is 1.62 bits per heavy atom. The molecule has 1 aromatic heterocycles. The molecular formula is C27H28N4O. The summed E-state index contributed by atoms with van der Waals surface area (Å²) in [6, 6.07) is 20.8. The molecule has 1 aliphatic carbocycles. The van der Waals surface area contributed by atoms with Gasteiger partial charge in [-0.2, -0.15) is 0 Å². The fraction of sp³-hybridized carbons (Fsp3) is 0.296. The topological polar surface area (TPSA) is 49.3 Å². The highest BCUT2D eigenvalue weighted by Crippen LogP contribution is 2.27. The van der Waals surface area contributed by atoms with Crippen molar-refractivity contribution in [2.24, 2.45) is 5.92 Å². The molecule has 5 rings (SSSR count). The number of carbonyl (C=O) groups is 1. The smallest absolute Gasteiger partial charge is 0.225 e. The summed E-state index contributed by atoms with van der Waals surface area (Å²) >= 11 is 0. The molecule has 162 valence electrons. The lowest BCUT2D eigenvalue weighted by Crippen LogP contribution is -2.46. The maximum absolute atomic E-state index is 12.7. The molecule has 1 saturated heterocycles.